The Balaban J connectivity index is 3.09. The third-order valence-corrected chi connectivity index (χ3v) is 2.66. The van der Waals surface area contributed by atoms with Crippen molar-refractivity contribution >= 4 is 23.0 Å². The predicted octanol–water partition coefficient (Wildman–Crippen LogP) is 1.10. The average molecular weight is 227 g/mol. The van der Waals surface area contributed by atoms with Gasteiger partial charge >= 0.3 is 0 Å². The van der Waals surface area contributed by atoms with Gasteiger partial charge in [0.05, 0.1) is 5.69 Å². The van der Waals surface area contributed by atoms with Crippen molar-refractivity contribution < 1.29 is 10.0 Å². The number of rotatable bonds is 2. The minimum atomic E-state index is -0.785. The Morgan fingerprint density at radius 1 is 1.60 bits per heavy atom. The number of nitrogens with two attached hydrogens (primary N) is 1. The average Bonchev–Trinajstić information content (AvgIpc) is 2.52. The monoisotopic (exact) mass is 227 g/mol. The first kappa shape index (κ1) is 11.6. The molecular formula is C9H13N3O2S. The van der Waals surface area contributed by atoms with E-state index >= 15 is 0 Å². The molecule has 0 spiro atoms. The van der Waals surface area contributed by atoms with Gasteiger partial charge in [-0.25, -0.2) is 4.98 Å². The second-order valence-electron chi connectivity index (χ2n) is 4.10. The van der Waals surface area contributed by atoms with Crippen molar-refractivity contribution in [3.05, 3.63) is 16.1 Å². The molecule has 3 N–H and O–H groups in total. The summed E-state index contributed by atoms with van der Waals surface area (Å²) in [6.45, 7) is 6.02. The first-order valence-corrected chi connectivity index (χ1v) is 5.22. The number of nitrogens with zero attached hydrogens (tertiary/aromatic N) is 2. The summed E-state index contributed by atoms with van der Waals surface area (Å²) in [6, 6.07) is 0. The van der Waals surface area contributed by atoms with Gasteiger partial charge in [0, 0.05) is 10.8 Å². The largest absolute Gasteiger partial charge is 0.410 e. The molecule has 1 amide bonds. The summed E-state index contributed by atoms with van der Waals surface area (Å²) in [7, 11) is 0. The van der Waals surface area contributed by atoms with Crippen LogP contribution in [0.2, 0.25) is 0 Å². The summed E-state index contributed by atoms with van der Waals surface area (Å²) in [6.07, 6.45) is 0. The Bertz CT molecular complexity index is 404. The van der Waals surface area contributed by atoms with Crippen molar-refractivity contribution in [2.24, 2.45) is 10.9 Å². The van der Waals surface area contributed by atoms with E-state index in [1.807, 2.05) is 26.2 Å². The molecule has 1 aromatic rings. The van der Waals surface area contributed by atoms with E-state index in [0.717, 1.165) is 5.69 Å². The zero-order valence-corrected chi connectivity index (χ0v) is 9.63. The highest BCUT2D eigenvalue weighted by molar-refractivity contribution is 7.12. The summed E-state index contributed by atoms with van der Waals surface area (Å²) in [4.78, 5) is 15.1. The van der Waals surface area contributed by atoms with Gasteiger partial charge in [-0.1, -0.05) is 25.9 Å². The van der Waals surface area contributed by atoms with Crippen LogP contribution in [0.1, 0.15) is 31.5 Å². The molecule has 1 rings (SSSR count). The van der Waals surface area contributed by atoms with E-state index in [9.17, 15) is 4.79 Å². The molecule has 1 heterocycles. The van der Waals surface area contributed by atoms with Crippen molar-refractivity contribution in [1.29, 1.82) is 0 Å². The molecule has 1 aromatic heterocycles. The lowest BCUT2D eigenvalue weighted by molar-refractivity contribution is -0.112. The molecule has 82 valence electrons. The first-order chi connectivity index (χ1) is 6.86. The van der Waals surface area contributed by atoms with Crippen LogP contribution in [-0.2, 0) is 10.2 Å². The van der Waals surface area contributed by atoms with Crippen LogP contribution in [0.3, 0.4) is 0 Å². The molecule has 0 unspecified atom stereocenters. The molecular weight excluding hydrogens is 214 g/mol. The smallest absolute Gasteiger partial charge is 0.273 e. The number of hydrogen-bond acceptors (Lipinski definition) is 5. The number of carbonyl (C=O) groups excluding carboxylic acids is 1. The lowest BCUT2D eigenvalue weighted by Gasteiger charge is -2.14. The Labute approximate surface area is 91.6 Å². The van der Waals surface area contributed by atoms with Crippen LogP contribution < -0.4 is 5.73 Å². The molecule has 0 fully saturated rings. The zero-order chi connectivity index (χ0) is 11.6. The highest BCUT2D eigenvalue weighted by atomic mass is 32.1. The van der Waals surface area contributed by atoms with Crippen LogP contribution in [-0.4, -0.2) is 21.8 Å². The minimum absolute atomic E-state index is 0.104. The van der Waals surface area contributed by atoms with Crippen LogP contribution in [0.25, 0.3) is 0 Å². The molecule has 5 nitrogen and oxygen atoms in total. The molecule has 15 heavy (non-hydrogen) atoms. The number of thiazole rings is 1. The van der Waals surface area contributed by atoms with Crippen LogP contribution in [0, 0.1) is 0 Å². The Morgan fingerprint density at radius 3 is 2.53 bits per heavy atom. The van der Waals surface area contributed by atoms with Crippen molar-refractivity contribution in [3.63, 3.8) is 0 Å². The number of hydrogen-bond donors (Lipinski definition) is 2. The standard InChI is InChI=1S/C9H13N3O2S/c1-9(2,3)5-4-15-8(11-5)6(12-14)7(10)13/h4,14H,1-3H3,(H2,10,13)/b12-6+. The molecule has 0 saturated carbocycles. The highest BCUT2D eigenvalue weighted by Gasteiger charge is 2.21. The van der Waals surface area contributed by atoms with E-state index in [1.165, 1.54) is 11.3 Å². The maximum atomic E-state index is 10.9. The van der Waals surface area contributed by atoms with Gasteiger partial charge in [0.2, 0.25) is 5.71 Å². The van der Waals surface area contributed by atoms with Gasteiger partial charge in [-0.15, -0.1) is 11.3 Å². The van der Waals surface area contributed by atoms with Crippen LogP contribution in [0.15, 0.2) is 10.5 Å². The summed E-state index contributed by atoms with van der Waals surface area (Å²) in [5.41, 5.74) is 5.57. The normalized spacial score (nSPS) is 12.9. The fraction of sp³-hybridized carbons (Fsp3) is 0.444. The van der Waals surface area contributed by atoms with Gasteiger partial charge in [-0.3, -0.25) is 4.79 Å². The zero-order valence-electron chi connectivity index (χ0n) is 8.81. The fourth-order valence-corrected chi connectivity index (χ4v) is 1.96. The van der Waals surface area contributed by atoms with E-state index in [2.05, 4.69) is 10.1 Å². The molecule has 0 aromatic carbocycles. The van der Waals surface area contributed by atoms with Crippen LogP contribution in [0.4, 0.5) is 0 Å². The van der Waals surface area contributed by atoms with E-state index < -0.39 is 5.91 Å². The van der Waals surface area contributed by atoms with Crippen molar-refractivity contribution in [1.82, 2.24) is 4.98 Å². The maximum absolute atomic E-state index is 10.9. The second kappa shape index (κ2) is 3.98. The van der Waals surface area contributed by atoms with Gasteiger partial charge in [0.1, 0.15) is 0 Å². The predicted molar refractivity (Wildman–Crippen MR) is 58.3 cm³/mol. The SMILES string of the molecule is CC(C)(C)c1csc(/C(=N/O)C(N)=O)n1. The fourth-order valence-electron chi connectivity index (χ4n) is 0.924. The van der Waals surface area contributed by atoms with Gasteiger partial charge in [-0.2, -0.15) is 0 Å². The Hall–Kier alpha value is -1.43. The van der Waals surface area contributed by atoms with Gasteiger partial charge < -0.3 is 10.9 Å². The highest BCUT2D eigenvalue weighted by Crippen LogP contribution is 2.24. The maximum Gasteiger partial charge on any atom is 0.273 e. The number of carbonyl (C=O) groups is 1. The molecule has 0 aliphatic rings. The van der Waals surface area contributed by atoms with Gasteiger partial charge in [0.15, 0.2) is 5.01 Å². The third-order valence-electron chi connectivity index (χ3n) is 1.81. The molecule has 6 heteroatoms. The number of primary amides is 1. The quantitative estimate of drug-likeness (QED) is 0.450. The molecule has 0 saturated heterocycles. The number of oxime groups is 1. The summed E-state index contributed by atoms with van der Waals surface area (Å²) in [5, 5.41) is 13.6. The van der Waals surface area contributed by atoms with E-state index in [4.69, 9.17) is 10.9 Å². The minimum Gasteiger partial charge on any atom is -0.410 e. The van der Waals surface area contributed by atoms with Crippen molar-refractivity contribution in [3.8, 4) is 0 Å². The number of amides is 1. The number of aromatic nitrogens is 1. The van der Waals surface area contributed by atoms with E-state index in [0.29, 0.717) is 5.01 Å². The van der Waals surface area contributed by atoms with Crippen molar-refractivity contribution in [2.45, 2.75) is 26.2 Å². The van der Waals surface area contributed by atoms with Gasteiger partial charge in [0.25, 0.3) is 5.91 Å². The lowest BCUT2D eigenvalue weighted by Crippen LogP contribution is -2.24. The van der Waals surface area contributed by atoms with E-state index in [-0.39, 0.29) is 11.1 Å². The third kappa shape index (κ3) is 2.53. The Morgan fingerprint density at radius 2 is 2.20 bits per heavy atom. The second-order valence-corrected chi connectivity index (χ2v) is 4.96. The molecule has 0 bridgehead atoms. The molecule has 0 aliphatic carbocycles. The van der Waals surface area contributed by atoms with Gasteiger partial charge in [-0.05, 0) is 0 Å². The van der Waals surface area contributed by atoms with Crippen molar-refractivity contribution in [2.75, 3.05) is 0 Å². The van der Waals surface area contributed by atoms with Crippen LogP contribution >= 0.6 is 11.3 Å². The topological polar surface area (TPSA) is 88.6 Å². The first-order valence-electron chi connectivity index (χ1n) is 4.34. The molecule has 0 aliphatic heterocycles. The lowest BCUT2D eigenvalue weighted by atomic mass is 9.93. The summed E-state index contributed by atoms with van der Waals surface area (Å²) < 4.78 is 0. The van der Waals surface area contributed by atoms with Crippen LogP contribution in [0.5, 0.6) is 0 Å². The molecule has 0 radical (unpaired) electrons. The summed E-state index contributed by atoms with van der Waals surface area (Å²) >= 11 is 1.23. The molecule has 0 atom stereocenters. The Kier molecular flexibility index (Phi) is 3.09. The summed E-state index contributed by atoms with van der Waals surface area (Å²) in [5.74, 6) is -0.785. The van der Waals surface area contributed by atoms with E-state index in [1.54, 1.807) is 0 Å².